The van der Waals surface area contributed by atoms with Crippen molar-refractivity contribution in [1.29, 1.82) is 0 Å². The smallest absolute Gasteiger partial charge is 0.0177 e. The highest BCUT2D eigenvalue weighted by Crippen LogP contribution is 2.19. The lowest BCUT2D eigenvalue weighted by molar-refractivity contribution is 0.244. The van der Waals surface area contributed by atoms with Crippen molar-refractivity contribution in [2.24, 2.45) is 0 Å². The average Bonchev–Trinajstić information content (AvgIpc) is 1.88. The van der Waals surface area contributed by atoms with Gasteiger partial charge in [-0.2, -0.15) is 0 Å². The molecule has 2 atom stereocenters. The van der Waals surface area contributed by atoms with Gasteiger partial charge in [-0.1, -0.05) is 0 Å². The second-order valence-electron chi connectivity index (χ2n) is 3.62. The zero-order chi connectivity index (χ0) is 7.61. The third-order valence-electron chi connectivity index (χ3n) is 2.53. The maximum Gasteiger partial charge on any atom is 0.0177 e. The van der Waals surface area contributed by atoms with Crippen LogP contribution in [-0.2, 0) is 0 Å². The highest BCUT2D eigenvalue weighted by molar-refractivity contribution is 4.90. The highest BCUT2D eigenvalue weighted by Gasteiger charge is 2.27. The molecule has 2 unspecified atom stereocenters. The van der Waals surface area contributed by atoms with Crippen LogP contribution in [0, 0.1) is 0 Å². The summed E-state index contributed by atoms with van der Waals surface area (Å²) in [5.41, 5.74) is 0.380. The van der Waals surface area contributed by atoms with Crippen LogP contribution in [0.1, 0.15) is 26.7 Å². The van der Waals surface area contributed by atoms with E-state index in [1.54, 1.807) is 0 Å². The van der Waals surface area contributed by atoms with Crippen molar-refractivity contribution in [3.63, 3.8) is 0 Å². The van der Waals surface area contributed by atoms with Crippen molar-refractivity contribution in [2.45, 2.75) is 38.3 Å². The number of hydrogen-bond acceptors (Lipinski definition) is 2. The van der Waals surface area contributed by atoms with E-state index in [1.807, 2.05) is 0 Å². The van der Waals surface area contributed by atoms with Crippen LogP contribution in [-0.4, -0.2) is 25.2 Å². The fourth-order valence-electron chi connectivity index (χ4n) is 1.67. The fraction of sp³-hybridized carbons (Fsp3) is 1.00. The minimum absolute atomic E-state index is 0.380. The van der Waals surface area contributed by atoms with Gasteiger partial charge in [0, 0.05) is 11.6 Å². The first-order chi connectivity index (χ1) is 4.66. The standard InChI is InChI=1S/C8H18N2/c1-7-6-8(2,9-3)4-5-10-7/h7,9-10H,4-6H2,1-3H3. The van der Waals surface area contributed by atoms with E-state index in [0.29, 0.717) is 11.6 Å². The predicted molar refractivity (Wildman–Crippen MR) is 44.2 cm³/mol. The number of nitrogens with one attached hydrogen (secondary N) is 2. The Hall–Kier alpha value is -0.0800. The van der Waals surface area contributed by atoms with Gasteiger partial charge >= 0.3 is 0 Å². The van der Waals surface area contributed by atoms with Gasteiger partial charge in [0.05, 0.1) is 0 Å². The molecule has 2 heteroatoms. The first-order valence-corrected chi connectivity index (χ1v) is 4.08. The Morgan fingerprint density at radius 1 is 1.60 bits per heavy atom. The molecule has 60 valence electrons. The summed E-state index contributed by atoms with van der Waals surface area (Å²) in [4.78, 5) is 0. The lowest BCUT2D eigenvalue weighted by atomic mass is 9.87. The molecule has 10 heavy (non-hydrogen) atoms. The largest absolute Gasteiger partial charge is 0.314 e. The van der Waals surface area contributed by atoms with Crippen molar-refractivity contribution in [3.8, 4) is 0 Å². The van der Waals surface area contributed by atoms with Crippen LogP contribution in [0.3, 0.4) is 0 Å². The van der Waals surface area contributed by atoms with Crippen LogP contribution in [0.2, 0.25) is 0 Å². The summed E-state index contributed by atoms with van der Waals surface area (Å²) in [6.07, 6.45) is 2.48. The minimum Gasteiger partial charge on any atom is -0.314 e. The molecule has 0 aromatic carbocycles. The van der Waals surface area contributed by atoms with E-state index in [2.05, 4.69) is 31.5 Å². The zero-order valence-corrected chi connectivity index (χ0v) is 7.20. The van der Waals surface area contributed by atoms with E-state index in [4.69, 9.17) is 0 Å². The molecule has 0 amide bonds. The first kappa shape index (κ1) is 8.02. The lowest BCUT2D eigenvalue weighted by Gasteiger charge is -2.37. The summed E-state index contributed by atoms with van der Waals surface area (Å²) < 4.78 is 0. The summed E-state index contributed by atoms with van der Waals surface area (Å²) in [7, 11) is 2.05. The van der Waals surface area contributed by atoms with Gasteiger partial charge in [-0.15, -0.1) is 0 Å². The summed E-state index contributed by atoms with van der Waals surface area (Å²) in [5, 5.41) is 6.80. The molecule has 1 saturated heterocycles. The van der Waals surface area contributed by atoms with Crippen molar-refractivity contribution in [2.75, 3.05) is 13.6 Å². The van der Waals surface area contributed by atoms with Crippen molar-refractivity contribution < 1.29 is 0 Å². The molecule has 0 radical (unpaired) electrons. The van der Waals surface area contributed by atoms with Gasteiger partial charge in [0.15, 0.2) is 0 Å². The summed E-state index contributed by atoms with van der Waals surface area (Å²) >= 11 is 0. The molecular weight excluding hydrogens is 124 g/mol. The zero-order valence-electron chi connectivity index (χ0n) is 7.20. The fourth-order valence-corrected chi connectivity index (χ4v) is 1.67. The molecule has 2 N–H and O–H groups in total. The van der Waals surface area contributed by atoms with Crippen LogP contribution in [0.15, 0.2) is 0 Å². The second-order valence-corrected chi connectivity index (χ2v) is 3.62. The number of rotatable bonds is 1. The Kier molecular flexibility index (Phi) is 2.32. The normalized spacial score (nSPS) is 41.7. The minimum atomic E-state index is 0.380. The maximum absolute atomic E-state index is 3.43. The topological polar surface area (TPSA) is 24.1 Å². The third-order valence-corrected chi connectivity index (χ3v) is 2.53. The van der Waals surface area contributed by atoms with Gasteiger partial charge in [0.2, 0.25) is 0 Å². The van der Waals surface area contributed by atoms with Gasteiger partial charge in [-0.25, -0.2) is 0 Å². The lowest BCUT2D eigenvalue weighted by Crippen LogP contribution is -2.51. The Labute approximate surface area is 63.4 Å². The molecule has 0 aromatic heterocycles. The average molecular weight is 142 g/mol. The van der Waals surface area contributed by atoms with Crippen LogP contribution in [0.25, 0.3) is 0 Å². The van der Waals surface area contributed by atoms with E-state index < -0.39 is 0 Å². The molecule has 2 nitrogen and oxygen atoms in total. The second kappa shape index (κ2) is 2.89. The van der Waals surface area contributed by atoms with E-state index in [0.717, 1.165) is 6.54 Å². The quantitative estimate of drug-likeness (QED) is 0.564. The SMILES string of the molecule is CNC1(C)CCNC(C)C1. The highest BCUT2D eigenvalue weighted by atomic mass is 15.0. The third kappa shape index (κ3) is 1.70. The summed E-state index contributed by atoms with van der Waals surface area (Å²) in [5.74, 6) is 0. The number of piperidine rings is 1. The number of hydrogen-bond donors (Lipinski definition) is 2. The predicted octanol–water partition coefficient (Wildman–Crippen LogP) is 0.736. The monoisotopic (exact) mass is 142 g/mol. The van der Waals surface area contributed by atoms with Gasteiger partial charge < -0.3 is 10.6 Å². The Balaban J connectivity index is 2.45. The first-order valence-electron chi connectivity index (χ1n) is 4.08. The van der Waals surface area contributed by atoms with Crippen molar-refractivity contribution in [3.05, 3.63) is 0 Å². The summed E-state index contributed by atoms with van der Waals surface area (Å²) in [6.45, 7) is 5.69. The van der Waals surface area contributed by atoms with Gasteiger partial charge in [0.25, 0.3) is 0 Å². The molecular formula is C8H18N2. The van der Waals surface area contributed by atoms with Crippen LogP contribution in [0.4, 0.5) is 0 Å². The van der Waals surface area contributed by atoms with E-state index in [9.17, 15) is 0 Å². The molecule has 1 fully saturated rings. The van der Waals surface area contributed by atoms with Gasteiger partial charge in [-0.3, -0.25) is 0 Å². The Morgan fingerprint density at radius 2 is 2.30 bits per heavy atom. The molecule has 1 aliphatic rings. The molecule has 0 aliphatic carbocycles. The van der Waals surface area contributed by atoms with Crippen molar-refractivity contribution >= 4 is 0 Å². The Bertz CT molecular complexity index is 114. The van der Waals surface area contributed by atoms with Gasteiger partial charge in [-0.05, 0) is 40.3 Å². The van der Waals surface area contributed by atoms with Crippen LogP contribution >= 0.6 is 0 Å². The van der Waals surface area contributed by atoms with E-state index in [-0.39, 0.29) is 0 Å². The van der Waals surface area contributed by atoms with Crippen LogP contribution < -0.4 is 10.6 Å². The molecule has 1 aliphatic heterocycles. The summed E-state index contributed by atoms with van der Waals surface area (Å²) in [6, 6.07) is 0.672. The molecule has 0 aromatic rings. The molecule has 1 heterocycles. The molecule has 0 saturated carbocycles. The molecule has 0 bridgehead atoms. The van der Waals surface area contributed by atoms with Crippen LogP contribution in [0.5, 0.6) is 0 Å². The molecule has 1 rings (SSSR count). The van der Waals surface area contributed by atoms with E-state index >= 15 is 0 Å². The molecule has 0 spiro atoms. The van der Waals surface area contributed by atoms with Gasteiger partial charge in [0.1, 0.15) is 0 Å². The van der Waals surface area contributed by atoms with E-state index in [1.165, 1.54) is 12.8 Å². The Morgan fingerprint density at radius 3 is 2.70 bits per heavy atom. The van der Waals surface area contributed by atoms with Crippen molar-refractivity contribution in [1.82, 2.24) is 10.6 Å². The maximum atomic E-state index is 3.43.